The van der Waals surface area contributed by atoms with Crippen LogP contribution in [0, 0.1) is 5.82 Å². The van der Waals surface area contributed by atoms with Gasteiger partial charge in [0.2, 0.25) is 0 Å². The third kappa shape index (κ3) is 2.98. The normalized spacial score (nSPS) is 11.7. The van der Waals surface area contributed by atoms with Gasteiger partial charge in [-0.05, 0) is 12.1 Å². The summed E-state index contributed by atoms with van der Waals surface area (Å²) in [5, 5.41) is 3.73. The zero-order chi connectivity index (χ0) is 14.9. The number of aromatic nitrogens is 2. The van der Waals surface area contributed by atoms with Gasteiger partial charge in [-0.3, -0.25) is 9.48 Å². The first kappa shape index (κ1) is 14.5. The van der Waals surface area contributed by atoms with E-state index in [0.29, 0.717) is 0 Å². The lowest BCUT2D eigenvalue weighted by molar-refractivity contribution is -0.0885. The number of benzene rings is 1. The summed E-state index contributed by atoms with van der Waals surface area (Å²) >= 11 is 5.79. The molecule has 0 unspecified atom stereocenters. The average molecular weight is 307 g/mol. The highest BCUT2D eigenvalue weighted by Gasteiger charge is 2.39. The molecule has 2 rings (SSSR count). The lowest BCUT2D eigenvalue weighted by Crippen LogP contribution is -2.22. The quantitative estimate of drug-likeness (QED) is 0.643. The van der Waals surface area contributed by atoms with Crippen molar-refractivity contribution in [2.75, 3.05) is 0 Å². The first-order chi connectivity index (χ1) is 9.29. The van der Waals surface area contributed by atoms with Crippen molar-refractivity contribution in [1.82, 2.24) is 9.78 Å². The predicted molar refractivity (Wildman–Crippen MR) is 63.1 cm³/mol. The van der Waals surface area contributed by atoms with Crippen LogP contribution in [-0.2, 0) is 6.54 Å². The highest BCUT2D eigenvalue weighted by Crippen LogP contribution is 2.22. The summed E-state index contributed by atoms with van der Waals surface area (Å²) in [6.07, 6.45) is -3.29. The molecule has 1 aromatic carbocycles. The minimum atomic E-state index is -4.97. The topological polar surface area (TPSA) is 34.9 Å². The first-order valence-corrected chi connectivity index (χ1v) is 5.73. The molecule has 1 heterocycles. The van der Waals surface area contributed by atoms with E-state index < -0.39 is 23.3 Å². The molecular weight excluding hydrogens is 300 g/mol. The van der Waals surface area contributed by atoms with E-state index in [0.717, 1.165) is 17.1 Å². The van der Waals surface area contributed by atoms with E-state index in [4.69, 9.17) is 11.6 Å². The Hall–Kier alpha value is -1.89. The fourth-order valence-electron chi connectivity index (χ4n) is 1.58. The van der Waals surface area contributed by atoms with Gasteiger partial charge in [-0.1, -0.05) is 17.7 Å². The van der Waals surface area contributed by atoms with Crippen molar-refractivity contribution in [3.8, 4) is 0 Å². The van der Waals surface area contributed by atoms with Crippen molar-refractivity contribution in [2.45, 2.75) is 12.7 Å². The Morgan fingerprint density at radius 1 is 1.35 bits per heavy atom. The van der Waals surface area contributed by atoms with E-state index in [-0.39, 0.29) is 17.1 Å². The molecule has 0 amide bonds. The van der Waals surface area contributed by atoms with Crippen LogP contribution in [0.2, 0.25) is 5.02 Å². The van der Waals surface area contributed by atoms with Gasteiger partial charge in [0.1, 0.15) is 5.82 Å². The summed E-state index contributed by atoms with van der Waals surface area (Å²) in [5.41, 5.74) is -0.520. The Bertz CT molecular complexity index is 631. The van der Waals surface area contributed by atoms with Crippen molar-refractivity contribution in [3.63, 3.8) is 0 Å². The van der Waals surface area contributed by atoms with Crippen LogP contribution in [-0.4, -0.2) is 21.7 Å². The Morgan fingerprint density at radius 2 is 2.05 bits per heavy atom. The molecule has 0 saturated heterocycles. The number of rotatable bonds is 3. The minimum absolute atomic E-state index is 0.0864. The van der Waals surface area contributed by atoms with Crippen molar-refractivity contribution in [3.05, 3.63) is 52.6 Å². The smallest absolute Gasteiger partial charge is 0.284 e. The van der Waals surface area contributed by atoms with Crippen molar-refractivity contribution < 1.29 is 22.4 Å². The summed E-state index contributed by atoms with van der Waals surface area (Å²) in [4.78, 5) is 11.0. The number of Topliss-reactive ketones (excluding diaryl/α,β-unsaturated/α-hetero) is 1. The summed E-state index contributed by atoms with van der Waals surface area (Å²) in [6.45, 7) is -0.170. The van der Waals surface area contributed by atoms with Gasteiger partial charge >= 0.3 is 6.18 Å². The Labute approximate surface area is 115 Å². The SMILES string of the molecule is O=C(c1cnn(Cc2c(F)cccc2Cl)c1)C(F)(F)F. The monoisotopic (exact) mass is 306 g/mol. The highest BCUT2D eigenvalue weighted by atomic mass is 35.5. The van der Waals surface area contributed by atoms with Crippen LogP contribution in [0.1, 0.15) is 15.9 Å². The fraction of sp³-hybridized carbons (Fsp3) is 0.167. The van der Waals surface area contributed by atoms with Gasteiger partial charge in [-0.15, -0.1) is 0 Å². The number of hydrogen-bond donors (Lipinski definition) is 0. The zero-order valence-electron chi connectivity index (χ0n) is 9.79. The molecule has 8 heteroatoms. The Kier molecular flexibility index (Phi) is 3.80. The molecule has 0 bridgehead atoms. The maximum absolute atomic E-state index is 13.5. The van der Waals surface area contributed by atoms with Crippen LogP contribution < -0.4 is 0 Å². The molecule has 0 aliphatic carbocycles. The molecule has 106 valence electrons. The van der Waals surface area contributed by atoms with Crippen molar-refractivity contribution >= 4 is 17.4 Å². The molecule has 0 aliphatic rings. The van der Waals surface area contributed by atoms with Gasteiger partial charge in [0, 0.05) is 16.8 Å². The van der Waals surface area contributed by atoms with Crippen molar-refractivity contribution in [2.24, 2.45) is 0 Å². The standard InChI is InChI=1S/C12H7ClF4N2O/c13-9-2-1-3-10(14)8(9)6-19-5-7(4-18-19)11(20)12(15,16)17/h1-5H,6H2. The molecule has 0 fully saturated rings. The van der Waals surface area contributed by atoms with E-state index in [2.05, 4.69) is 5.10 Å². The lowest BCUT2D eigenvalue weighted by atomic mass is 10.2. The van der Waals surface area contributed by atoms with Crippen LogP contribution >= 0.6 is 11.6 Å². The molecule has 0 atom stereocenters. The Balaban J connectivity index is 2.25. The number of halogens is 5. The summed E-state index contributed by atoms with van der Waals surface area (Å²) < 4.78 is 51.2. The van der Waals surface area contributed by atoms with Gasteiger partial charge in [-0.2, -0.15) is 18.3 Å². The van der Waals surface area contributed by atoms with Crippen LogP contribution in [0.5, 0.6) is 0 Å². The second-order valence-electron chi connectivity index (χ2n) is 3.95. The predicted octanol–water partition coefficient (Wildman–Crippen LogP) is 3.47. The number of ketones is 1. The van der Waals surface area contributed by atoms with Gasteiger partial charge < -0.3 is 0 Å². The fourth-order valence-corrected chi connectivity index (χ4v) is 1.80. The first-order valence-electron chi connectivity index (χ1n) is 5.36. The van der Waals surface area contributed by atoms with Gasteiger partial charge in [0.05, 0.1) is 18.3 Å². The maximum Gasteiger partial charge on any atom is 0.454 e. The van der Waals surface area contributed by atoms with Gasteiger partial charge in [0.15, 0.2) is 0 Å². The molecule has 2 aromatic rings. The number of alkyl halides is 3. The summed E-state index contributed by atoms with van der Waals surface area (Å²) in [5.74, 6) is -2.60. The van der Waals surface area contributed by atoms with Gasteiger partial charge in [0.25, 0.3) is 5.78 Å². The van der Waals surface area contributed by atoms with E-state index in [9.17, 15) is 22.4 Å². The second kappa shape index (κ2) is 5.24. The van der Waals surface area contributed by atoms with E-state index in [1.54, 1.807) is 0 Å². The number of carbonyl (C=O) groups is 1. The second-order valence-corrected chi connectivity index (χ2v) is 4.36. The molecule has 20 heavy (non-hydrogen) atoms. The van der Waals surface area contributed by atoms with E-state index in [1.165, 1.54) is 18.2 Å². The molecule has 1 aromatic heterocycles. The Morgan fingerprint density at radius 3 is 2.65 bits per heavy atom. The van der Waals surface area contributed by atoms with Crippen LogP contribution in [0.15, 0.2) is 30.6 Å². The molecule has 3 nitrogen and oxygen atoms in total. The van der Waals surface area contributed by atoms with Crippen LogP contribution in [0.25, 0.3) is 0 Å². The highest BCUT2D eigenvalue weighted by molar-refractivity contribution is 6.31. The van der Waals surface area contributed by atoms with Crippen LogP contribution in [0.3, 0.4) is 0 Å². The maximum atomic E-state index is 13.5. The molecule has 0 radical (unpaired) electrons. The third-order valence-corrected chi connectivity index (χ3v) is 2.89. The molecule has 0 N–H and O–H groups in total. The molecule has 0 saturated carbocycles. The number of hydrogen-bond acceptors (Lipinski definition) is 2. The molecule has 0 aliphatic heterocycles. The lowest BCUT2D eigenvalue weighted by Gasteiger charge is -2.05. The average Bonchev–Trinajstić information content (AvgIpc) is 2.80. The van der Waals surface area contributed by atoms with E-state index in [1.807, 2.05) is 0 Å². The largest absolute Gasteiger partial charge is 0.454 e. The number of nitrogens with zero attached hydrogens (tertiary/aromatic N) is 2. The van der Waals surface area contributed by atoms with Gasteiger partial charge in [-0.25, -0.2) is 4.39 Å². The zero-order valence-corrected chi connectivity index (χ0v) is 10.5. The molecular formula is C12H7ClF4N2O. The summed E-state index contributed by atoms with van der Waals surface area (Å²) in [7, 11) is 0. The third-order valence-electron chi connectivity index (χ3n) is 2.53. The minimum Gasteiger partial charge on any atom is -0.284 e. The summed E-state index contributed by atoms with van der Waals surface area (Å²) in [6, 6.07) is 4.03. The van der Waals surface area contributed by atoms with E-state index >= 15 is 0 Å². The number of carbonyl (C=O) groups excluding carboxylic acids is 1. The van der Waals surface area contributed by atoms with Crippen molar-refractivity contribution in [1.29, 1.82) is 0 Å². The van der Waals surface area contributed by atoms with Crippen LogP contribution in [0.4, 0.5) is 17.6 Å². The molecule has 0 spiro atoms.